The molecule has 24 heavy (non-hydrogen) atoms. The number of hydrogen-bond donors (Lipinski definition) is 1. The molecule has 2 atom stereocenters. The van der Waals surface area contributed by atoms with Crippen LogP contribution in [0.3, 0.4) is 0 Å². The van der Waals surface area contributed by atoms with Crippen molar-refractivity contribution in [3.63, 3.8) is 0 Å². The molecule has 0 aromatic heterocycles. The summed E-state index contributed by atoms with van der Waals surface area (Å²) in [4.78, 5) is 28.8. The Balaban J connectivity index is 1.61. The van der Waals surface area contributed by atoms with Crippen molar-refractivity contribution in [3.8, 4) is 5.75 Å². The molecule has 0 spiro atoms. The molecular weight excluding hydrogens is 306 g/mol. The monoisotopic (exact) mass is 331 g/mol. The number of carbonyl (C=O) groups is 2. The fourth-order valence-electron chi connectivity index (χ4n) is 3.44. The van der Waals surface area contributed by atoms with E-state index in [0.717, 1.165) is 30.9 Å². The first-order valence-electron chi connectivity index (χ1n) is 8.50. The number of amides is 2. The Kier molecular flexibility index (Phi) is 5.04. The van der Waals surface area contributed by atoms with Gasteiger partial charge in [0.25, 0.3) is 0 Å². The van der Waals surface area contributed by atoms with Gasteiger partial charge in [-0.2, -0.15) is 0 Å². The van der Waals surface area contributed by atoms with E-state index < -0.39 is 0 Å². The van der Waals surface area contributed by atoms with Crippen LogP contribution < -0.4 is 10.1 Å². The molecule has 0 bridgehead atoms. The molecule has 2 fully saturated rings. The molecule has 3 rings (SSSR count). The zero-order valence-corrected chi connectivity index (χ0v) is 14.3. The van der Waals surface area contributed by atoms with Crippen LogP contribution in [0.2, 0.25) is 0 Å². The summed E-state index contributed by atoms with van der Waals surface area (Å²) >= 11 is 0. The Labute approximate surface area is 142 Å². The summed E-state index contributed by atoms with van der Waals surface area (Å²) in [6.45, 7) is 5.48. The van der Waals surface area contributed by atoms with Crippen molar-refractivity contribution >= 4 is 11.8 Å². The third-order valence-corrected chi connectivity index (χ3v) is 4.88. The Morgan fingerprint density at radius 2 is 2.08 bits per heavy atom. The molecule has 2 unspecified atom stereocenters. The van der Waals surface area contributed by atoms with Gasteiger partial charge in [0.2, 0.25) is 11.8 Å². The van der Waals surface area contributed by atoms with E-state index in [0.29, 0.717) is 19.5 Å². The minimum atomic E-state index is -0.212. The molecule has 2 heterocycles. The molecule has 6 nitrogen and oxygen atoms in total. The fraction of sp³-hybridized carbons (Fsp3) is 0.556. The van der Waals surface area contributed by atoms with Crippen molar-refractivity contribution in [2.45, 2.75) is 25.9 Å². The van der Waals surface area contributed by atoms with Gasteiger partial charge in [0.05, 0.1) is 13.0 Å². The van der Waals surface area contributed by atoms with Crippen LogP contribution in [0, 0.1) is 5.92 Å². The van der Waals surface area contributed by atoms with Crippen LogP contribution in [0.4, 0.5) is 0 Å². The number of piperazine rings is 1. The van der Waals surface area contributed by atoms with Crippen molar-refractivity contribution in [3.05, 3.63) is 29.8 Å². The van der Waals surface area contributed by atoms with Gasteiger partial charge in [-0.3, -0.25) is 9.59 Å². The largest absolute Gasteiger partial charge is 0.497 e. The minimum Gasteiger partial charge on any atom is -0.497 e. The number of carbonyl (C=O) groups excluding carboxylic acids is 2. The lowest BCUT2D eigenvalue weighted by Crippen LogP contribution is -2.54. The van der Waals surface area contributed by atoms with Crippen LogP contribution in [0.1, 0.15) is 18.9 Å². The molecule has 1 N–H and O–H groups in total. The third kappa shape index (κ3) is 3.53. The Hall–Kier alpha value is -2.08. The fourth-order valence-corrected chi connectivity index (χ4v) is 3.44. The molecule has 1 aromatic rings. The number of ether oxygens (including phenoxy) is 1. The van der Waals surface area contributed by atoms with Crippen molar-refractivity contribution < 1.29 is 14.3 Å². The van der Waals surface area contributed by atoms with Gasteiger partial charge in [0.15, 0.2) is 0 Å². The smallest absolute Gasteiger partial charge is 0.228 e. The van der Waals surface area contributed by atoms with E-state index in [2.05, 4.69) is 12.2 Å². The van der Waals surface area contributed by atoms with Crippen LogP contribution in [-0.4, -0.2) is 60.9 Å². The van der Waals surface area contributed by atoms with Crippen molar-refractivity contribution in [2.75, 3.05) is 33.3 Å². The normalized spacial score (nSPS) is 24.3. The van der Waals surface area contributed by atoms with E-state index in [1.165, 1.54) is 0 Å². The van der Waals surface area contributed by atoms with Crippen LogP contribution >= 0.6 is 0 Å². The molecule has 2 amide bonds. The lowest BCUT2D eigenvalue weighted by atomic mass is 10.1. The highest BCUT2D eigenvalue weighted by molar-refractivity contribution is 5.89. The van der Waals surface area contributed by atoms with E-state index in [4.69, 9.17) is 4.74 Å². The number of methoxy groups -OCH3 is 1. The van der Waals surface area contributed by atoms with Crippen LogP contribution in [0.15, 0.2) is 24.3 Å². The standard InChI is InChI=1S/C18H25N3O3/c1-13-10-19-7-8-21(13)18(23)15-9-17(22)20(12-15)11-14-3-5-16(24-2)6-4-14/h3-6,13,15,19H,7-12H2,1-2H3. The molecule has 0 radical (unpaired) electrons. The summed E-state index contributed by atoms with van der Waals surface area (Å²) in [7, 11) is 1.63. The average molecular weight is 331 g/mol. The second-order valence-electron chi connectivity index (χ2n) is 6.61. The molecule has 0 aliphatic carbocycles. The third-order valence-electron chi connectivity index (χ3n) is 4.88. The van der Waals surface area contributed by atoms with Gasteiger partial charge in [-0.1, -0.05) is 12.1 Å². The first-order chi connectivity index (χ1) is 11.6. The molecule has 130 valence electrons. The summed E-state index contributed by atoms with van der Waals surface area (Å²) in [5, 5.41) is 3.29. The Morgan fingerprint density at radius 3 is 2.75 bits per heavy atom. The van der Waals surface area contributed by atoms with Crippen LogP contribution in [-0.2, 0) is 16.1 Å². The molecule has 2 aliphatic rings. The van der Waals surface area contributed by atoms with Crippen molar-refractivity contribution in [1.82, 2.24) is 15.1 Å². The van der Waals surface area contributed by atoms with Gasteiger partial charge in [0.1, 0.15) is 5.75 Å². The quantitative estimate of drug-likeness (QED) is 0.889. The maximum Gasteiger partial charge on any atom is 0.228 e. The van der Waals surface area contributed by atoms with Crippen LogP contribution in [0.5, 0.6) is 5.75 Å². The van der Waals surface area contributed by atoms with Crippen molar-refractivity contribution in [2.24, 2.45) is 5.92 Å². The Bertz CT molecular complexity index is 602. The zero-order valence-electron chi connectivity index (χ0n) is 14.3. The van der Waals surface area contributed by atoms with E-state index in [-0.39, 0.29) is 23.8 Å². The van der Waals surface area contributed by atoms with Gasteiger partial charge >= 0.3 is 0 Å². The number of rotatable bonds is 4. The maximum absolute atomic E-state index is 12.7. The topological polar surface area (TPSA) is 61.9 Å². The first kappa shape index (κ1) is 16.8. The van der Waals surface area contributed by atoms with E-state index in [1.54, 1.807) is 12.0 Å². The number of nitrogens with zero attached hydrogens (tertiary/aromatic N) is 2. The number of nitrogens with one attached hydrogen (secondary N) is 1. The number of benzene rings is 1. The van der Waals surface area contributed by atoms with Crippen LogP contribution in [0.25, 0.3) is 0 Å². The predicted molar refractivity (Wildman–Crippen MR) is 90.6 cm³/mol. The van der Waals surface area contributed by atoms with Gasteiger partial charge < -0.3 is 19.9 Å². The van der Waals surface area contributed by atoms with Gasteiger partial charge in [-0.25, -0.2) is 0 Å². The Morgan fingerprint density at radius 1 is 1.33 bits per heavy atom. The van der Waals surface area contributed by atoms with Gasteiger partial charge in [0, 0.05) is 45.2 Å². The zero-order chi connectivity index (χ0) is 17.1. The summed E-state index contributed by atoms with van der Waals surface area (Å²) < 4.78 is 5.15. The summed E-state index contributed by atoms with van der Waals surface area (Å²) in [5.41, 5.74) is 1.05. The molecule has 1 aromatic carbocycles. The number of hydrogen-bond acceptors (Lipinski definition) is 4. The molecular formula is C18H25N3O3. The minimum absolute atomic E-state index is 0.0620. The highest BCUT2D eigenvalue weighted by Crippen LogP contribution is 2.24. The summed E-state index contributed by atoms with van der Waals surface area (Å²) in [6, 6.07) is 7.89. The first-order valence-corrected chi connectivity index (χ1v) is 8.50. The van der Waals surface area contributed by atoms with E-state index in [9.17, 15) is 9.59 Å². The van der Waals surface area contributed by atoms with Gasteiger partial charge in [-0.15, -0.1) is 0 Å². The number of likely N-dealkylation sites (tertiary alicyclic amines) is 1. The predicted octanol–water partition coefficient (Wildman–Crippen LogP) is 0.864. The average Bonchev–Trinajstić information content (AvgIpc) is 2.96. The summed E-state index contributed by atoms with van der Waals surface area (Å²) in [5.74, 6) is 0.769. The highest BCUT2D eigenvalue weighted by atomic mass is 16.5. The highest BCUT2D eigenvalue weighted by Gasteiger charge is 2.38. The van der Waals surface area contributed by atoms with Crippen molar-refractivity contribution in [1.29, 1.82) is 0 Å². The second kappa shape index (κ2) is 7.21. The molecule has 2 aliphatic heterocycles. The van der Waals surface area contributed by atoms with E-state index >= 15 is 0 Å². The molecule has 2 saturated heterocycles. The summed E-state index contributed by atoms with van der Waals surface area (Å²) in [6.07, 6.45) is 0.325. The van der Waals surface area contributed by atoms with Gasteiger partial charge in [-0.05, 0) is 24.6 Å². The SMILES string of the molecule is COc1ccc(CN2CC(C(=O)N3CCNCC3C)CC2=O)cc1. The second-order valence-corrected chi connectivity index (χ2v) is 6.61. The molecule has 6 heteroatoms. The lowest BCUT2D eigenvalue weighted by molar-refractivity contribution is -0.138. The molecule has 0 saturated carbocycles. The van der Waals surface area contributed by atoms with E-state index in [1.807, 2.05) is 29.2 Å². The lowest BCUT2D eigenvalue weighted by Gasteiger charge is -2.35. The maximum atomic E-state index is 12.7.